The molecule has 124 valence electrons. The van der Waals surface area contributed by atoms with Crippen LogP contribution >= 0.6 is 0 Å². The standard InChI is InChI=1S/C17H22O5Si/c1-13(18)20-11-6-7-16-17(21-14(2)19)9-8-15(22-16)10-12-23(3,4)5/h8-9,15-17H,11H2,1-5H3/t15-,16+,17-/m0/s1. The van der Waals surface area contributed by atoms with Crippen molar-refractivity contribution in [2.75, 3.05) is 6.61 Å². The molecule has 1 heterocycles. The van der Waals surface area contributed by atoms with Gasteiger partial charge in [0, 0.05) is 13.8 Å². The molecule has 23 heavy (non-hydrogen) atoms. The fourth-order valence-electron chi connectivity index (χ4n) is 1.65. The van der Waals surface area contributed by atoms with Crippen molar-refractivity contribution >= 4 is 20.0 Å². The fourth-order valence-corrected chi connectivity index (χ4v) is 2.23. The van der Waals surface area contributed by atoms with E-state index in [1.165, 1.54) is 13.8 Å². The summed E-state index contributed by atoms with van der Waals surface area (Å²) in [6, 6.07) is 0. The van der Waals surface area contributed by atoms with Gasteiger partial charge < -0.3 is 14.2 Å². The minimum absolute atomic E-state index is 0.0308. The second-order valence-electron chi connectivity index (χ2n) is 6.06. The van der Waals surface area contributed by atoms with Crippen molar-refractivity contribution < 1.29 is 23.8 Å². The van der Waals surface area contributed by atoms with Gasteiger partial charge in [0.1, 0.15) is 14.2 Å². The third-order valence-electron chi connectivity index (χ3n) is 2.55. The van der Waals surface area contributed by atoms with Gasteiger partial charge in [-0.2, -0.15) is 0 Å². The van der Waals surface area contributed by atoms with Gasteiger partial charge >= 0.3 is 11.9 Å². The van der Waals surface area contributed by atoms with Crippen molar-refractivity contribution in [3.8, 4) is 23.3 Å². The number of esters is 2. The molecule has 0 aromatic heterocycles. The van der Waals surface area contributed by atoms with Gasteiger partial charge in [-0.25, -0.2) is 0 Å². The molecule has 1 aliphatic heterocycles. The van der Waals surface area contributed by atoms with Crippen LogP contribution in [0.25, 0.3) is 0 Å². The SMILES string of the molecule is CC(=O)OCC#C[C@H]1O[C@H](C#C[Si](C)(C)C)C=C[C@@H]1OC(C)=O. The molecule has 0 bridgehead atoms. The first-order valence-electron chi connectivity index (χ1n) is 7.33. The van der Waals surface area contributed by atoms with E-state index in [2.05, 4.69) is 42.9 Å². The third-order valence-corrected chi connectivity index (χ3v) is 3.44. The Balaban J connectivity index is 2.83. The quantitative estimate of drug-likeness (QED) is 0.333. The molecular weight excluding hydrogens is 312 g/mol. The van der Waals surface area contributed by atoms with Crippen LogP contribution < -0.4 is 0 Å². The van der Waals surface area contributed by atoms with Crippen molar-refractivity contribution in [1.82, 2.24) is 0 Å². The summed E-state index contributed by atoms with van der Waals surface area (Å²) < 4.78 is 15.7. The maximum absolute atomic E-state index is 11.2. The molecule has 0 aliphatic carbocycles. The molecule has 0 saturated carbocycles. The summed E-state index contributed by atoms with van der Waals surface area (Å²) in [5.74, 6) is 7.79. The predicted molar refractivity (Wildman–Crippen MR) is 88.9 cm³/mol. The van der Waals surface area contributed by atoms with Gasteiger partial charge in [-0.1, -0.05) is 37.4 Å². The monoisotopic (exact) mass is 334 g/mol. The molecular formula is C17H22O5Si. The van der Waals surface area contributed by atoms with Crippen LogP contribution in [-0.2, 0) is 23.8 Å². The average Bonchev–Trinajstić information content (AvgIpc) is 2.41. The number of rotatable bonds is 2. The molecule has 6 heteroatoms. The van der Waals surface area contributed by atoms with E-state index in [4.69, 9.17) is 14.2 Å². The molecule has 1 rings (SSSR count). The Morgan fingerprint density at radius 2 is 1.83 bits per heavy atom. The van der Waals surface area contributed by atoms with Gasteiger partial charge in [-0.05, 0) is 12.2 Å². The summed E-state index contributed by atoms with van der Waals surface area (Å²) in [6.45, 7) is 9.04. The van der Waals surface area contributed by atoms with Crippen LogP contribution in [0.3, 0.4) is 0 Å². The van der Waals surface area contributed by atoms with E-state index in [1.54, 1.807) is 12.2 Å². The van der Waals surface area contributed by atoms with Crippen molar-refractivity contribution in [2.24, 2.45) is 0 Å². The molecule has 0 saturated heterocycles. The van der Waals surface area contributed by atoms with E-state index in [9.17, 15) is 9.59 Å². The molecule has 0 spiro atoms. The summed E-state index contributed by atoms with van der Waals surface area (Å²) in [5, 5.41) is 0. The number of ether oxygens (including phenoxy) is 3. The highest BCUT2D eigenvalue weighted by molar-refractivity contribution is 6.83. The van der Waals surface area contributed by atoms with Crippen LogP contribution in [0, 0.1) is 23.3 Å². The minimum atomic E-state index is -1.50. The highest BCUT2D eigenvalue weighted by Gasteiger charge is 2.27. The van der Waals surface area contributed by atoms with Gasteiger partial charge in [-0.3, -0.25) is 9.59 Å². The maximum Gasteiger partial charge on any atom is 0.303 e. The second-order valence-corrected chi connectivity index (χ2v) is 10.8. The summed E-state index contributed by atoms with van der Waals surface area (Å²) in [4.78, 5) is 21.9. The number of hydrogen-bond donors (Lipinski definition) is 0. The normalized spacial score (nSPS) is 22.9. The molecule has 0 aromatic rings. The van der Waals surface area contributed by atoms with Gasteiger partial charge in [-0.15, -0.1) is 5.54 Å². The van der Waals surface area contributed by atoms with Gasteiger partial charge in [0.25, 0.3) is 0 Å². The lowest BCUT2D eigenvalue weighted by Crippen LogP contribution is -2.37. The Hall–Kier alpha value is -2.02. The Labute approximate surface area is 138 Å². The molecule has 0 N–H and O–H groups in total. The van der Waals surface area contributed by atoms with Crippen LogP contribution in [-0.4, -0.2) is 44.9 Å². The highest BCUT2D eigenvalue weighted by Crippen LogP contribution is 2.16. The third kappa shape index (κ3) is 8.25. The Morgan fingerprint density at radius 3 is 2.39 bits per heavy atom. The first-order chi connectivity index (χ1) is 10.7. The molecule has 0 radical (unpaired) electrons. The molecule has 5 nitrogen and oxygen atoms in total. The largest absolute Gasteiger partial charge is 0.454 e. The van der Waals surface area contributed by atoms with E-state index in [1.807, 2.05) is 0 Å². The molecule has 0 amide bonds. The Bertz CT molecular complexity index is 594. The zero-order valence-electron chi connectivity index (χ0n) is 14.1. The van der Waals surface area contributed by atoms with Crippen LogP contribution in [0.2, 0.25) is 19.6 Å². The summed E-state index contributed by atoms with van der Waals surface area (Å²) >= 11 is 0. The number of carbonyl (C=O) groups excluding carboxylic acids is 2. The molecule has 0 fully saturated rings. The summed E-state index contributed by atoms with van der Waals surface area (Å²) in [6.07, 6.45) is 1.88. The van der Waals surface area contributed by atoms with E-state index >= 15 is 0 Å². The van der Waals surface area contributed by atoms with Crippen LogP contribution in [0.1, 0.15) is 13.8 Å². The average molecular weight is 334 g/mol. The van der Waals surface area contributed by atoms with Gasteiger partial charge in [0.2, 0.25) is 0 Å². The van der Waals surface area contributed by atoms with Crippen molar-refractivity contribution in [3.63, 3.8) is 0 Å². The lowest BCUT2D eigenvalue weighted by atomic mass is 10.1. The maximum atomic E-state index is 11.2. The van der Waals surface area contributed by atoms with Crippen LogP contribution in [0.15, 0.2) is 12.2 Å². The Morgan fingerprint density at radius 1 is 1.13 bits per heavy atom. The fraction of sp³-hybridized carbons (Fsp3) is 0.529. The van der Waals surface area contributed by atoms with E-state index in [-0.39, 0.29) is 12.7 Å². The van der Waals surface area contributed by atoms with Crippen LogP contribution in [0.5, 0.6) is 0 Å². The Kier molecular flexibility index (Phi) is 7.09. The zero-order chi connectivity index (χ0) is 17.5. The van der Waals surface area contributed by atoms with Gasteiger partial charge in [0.15, 0.2) is 18.8 Å². The minimum Gasteiger partial charge on any atom is -0.454 e. The van der Waals surface area contributed by atoms with E-state index in [0.29, 0.717) is 0 Å². The van der Waals surface area contributed by atoms with Crippen molar-refractivity contribution in [2.45, 2.75) is 51.8 Å². The predicted octanol–water partition coefficient (Wildman–Crippen LogP) is 1.69. The van der Waals surface area contributed by atoms with Gasteiger partial charge in [0.05, 0.1) is 0 Å². The lowest BCUT2D eigenvalue weighted by molar-refractivity contribution is -0.150. The summed E-state index contributed by atoms with van der Waals surface area (Å²) in [5.41, 5.74) is 3.24. The second kappa shape index (κ2) is 8.57. The van der Waals surface area contributed by atoms with E-state index in [0.717, 1.165) is 0 Å². The summed E-state index contributed by atoms with van der Waals surface area (Å²) in [7, 11) is -1.50. The first-order valence-corrected chi connectivity index (χ1v) is 10.8. The molecule has 1 aliphatic rings. The highest BCUT2D eigenvalue weighted by atomic mass is 28.3. The molecule has 0 aromatic carbocycles. The van der Waals surface area contributed by atoms with Crippen LogP contribution in [0.4, 0.5) is 0 Å². The lowest BCUT2D eigenvalue weighted by Gasteiger charge is -2.26. The smallest absolute Gasteiger partial charge is 0.303 e. The number of hydrogen-bond acceptors (Lipinski definition) is 5. The molecule has 0 unspecified atom stereocenters. The topological polar surface area (TPSA) is 61.8 Å². The number of carbonyl (C=O) groups is 2. The van der Waals surface area contributed by atoms with Crippen molar-refractivity contribution in [3.05, 3.63) is 12.2 Å². The first kappa shape index (κ1) is 19.0. The van der Waals surface area contributed by atoms with Crippen molar-refractivity contribution in [1.29, 1.82) is 0 Å². The zero-order valence-corrected chi connectivity index (χ0v) is 15.1. The molecule has 3 atom stereocenters. The van der Waals surface area contributed by atoms with E-state index < -0.39 is 32.2 Å².